The van der Waals surface area contributed by atoms with Crippen molar-refractivity contribution < 1.29 is 33.3 Å². The van der Waals surface area contributed by atoms with Crippen LogP contribution in [0.4, 0.5) is 0 Å². The van der Waals surface area contributed by atoms with Gasteiger partial charge in [-0.05, 0) is 35.4 Å². The quantitative estimate of drug-likeness (QED) is 0.213. The summed E-state index contributed by atoms with van der Waals surface area (Å²) in [6.45, 7) is 0.478. The average Bonchev–Trinajstić information content (AvgIpc) is 2.96. The van der Waals surface area contributed by atoms with Crippen molar-refractivity contribution >= 4 is 12.6 Å². The van der Waals surface area contributed by atoms with Crippen molar-refractivity contribution in [3.8, 4) is 34.5 Å². The van der Waals surface area contributed by atoms with Gasteiger partial charge in [0.2, 0.25) is 11.5 Å². The number of hydrogen-bond acceptors (Lipinski definition) is 7. The standard InChI is InChI=1S/C30H26O7/c1-33-25-13-23(17-31)15-27(29(25)35-19-21-9-5-3-6-10-21)37-28-16-24(18-32)14-26(34-2)30(28)36-20-22-11-7-4-8-12-22/h3-18H,19-20H2,1-2H3. The van der Waals surface area contributed by atoms with Crippen LogP contribution in [0.2, 0.25) is 0 Å². The molecule has 0 fully saturated rings. The molecule has 4 aromatic rings. The molecule has 0 radical (unpaired) electrons. The van der Waals surface area contributed by atoms with Gasteiger partial charge in [0.15, 0.2) is 23.0 Å². The van der Waals surface area contributed by atoms with E-state index in [2.05, 4.69) is 0 Å². The van der Waals surface area contributed by atoms with Crippen molar-refractivity contribution in [3.05, 3.63) is 107 Å². The van der Waals surface area contributed by atoms with E-state index in [9.17, 15) is 9.59 Å². The van der Waals surface area contributed by atoms with Crippen LogP contribution in [-0.4, -0.2) is 26.8 Å². The van der Waals surface area contributed by atoms with E-state index in [1.165, 1.54) is 26.4 Å². The molecule has 0 aliphatic heterocycles. The highest BCUT2D eigenvalue weighted by Gasteiger charge is 2.21. The van der Waals surface area contributed by atoms with E-state index in [0.29, 0.717) is 46.7 Å². The Hall–Kier alpha value is -4.78. The van der Waals surface area contributed by atoms with Crippen molar-refractivity contribution in [2.45, 2.75) is 13.2 Å². The predicted octanol–water partition coefficient (Wildman–Crippen LogP) is 6.28. The first-order valence-electron chi connectivity index (χ1n) is 11.5. The zero-order valence-corrected chi connectivity index (χ0v) is 20.5. The highest BCUT2D eigenvalue weighted by atomic mass is 16.6. The first-order chi connectivity index (χ1) is 18.1. The van der Waals surface area contributed by atoms with Gasteiger partial charge in [0.25, 0.3) is 0 Å². The van der Waals surface area contributed by atoms with E-state index in [1.807, 2.05) is 60.7 Å². The van der Waals surface area contributed by atoms with Gasteiger partial charge in [-0.1, -0.05) is 60.7 Å². The van der Waals surface area contributed by atoms with E-state index in [-0.39, 0.29) is 24.7 Å². The lowest BCUT2D eigenvalue weighted by atomic mass is 10.1. The second-order valence-electron chi connectivity index (χ2n) is 7.99. The van der Waals surface area contributed by atoms with Gasteiger partial charge in [-0.3, -0.25) is 9.59 Å². The van der Waals surface area contributed by atoms with Crippen LogP contribution in [0.25, 0.3) is 0 Å². The van der Waals surface area contributed by atoms with Gasteiger partial charge in [-0.15, -0.1) is 0 Å². The lowest BCUT2D eigenvalue weighted by molar-refractivity contribution is 0.111. The van der Waals surface area contributed by atoms with Crippen molar-refractivity contribution in [2.75, 3.05) is 14.2 Å². The van der Waals surface area contributed by atoms with Crippen molar-refractivity contribution in [1.82, 2.24) is 0 Å². The molecule has 0 amide bonds. The Morgan fingerprint density at radius 1 is 0.568 bits per heavy atom. The third-order valence-corrected chi connectivity index (χ3v) is 5.47. The van der Waals surface area contributed by atoms with Gasteiger partial charge >= 0.3 is 0 Å². The van der Waals surface area contributed by atoms with Crippen LogP contribution in [0.15, 0.2) is 84.9 Å². The maximum atomic E-state index is 11.7. The summed E-state index contributed by atoms with van der Waals surface area (Å²) in [5.74, 6) is 1.66. The smallest absolute Gasteiger partial charge is 0.204 e. The van der Waals surface area contributed by atoms with Crippen LogP contribution in [0.3, 0.4) is 0 Å². The second-order valence-corrected chi connectivity index (χ2v) is 7.99. The number of benzene rings is 4. The lowest BCUT2D eigenvalue weighted by Gasteiger charge is -2.19. The molecule has 0 atom stereocenters. The Morgan fingerprint density at radius 2 is 0.946 bits per heavy atom. The molecule has 0 spiro atoms. The monoisotopic (exact) mass is 498 g/mol. The Labute approximate surface area is 215 Å². The molecule has 0 aliphatic carbocycles. The fraction of sp³-hybridized carbons (Fsp3) is 0.133. The number of carbonyl (C=O) groups excluding carboxylic acids is 2. The molecule has 188 valence electrons. The average molecular weight is 499 g/mol. The van der Waals surface area contributed by atoms with Crippen molar-refractivity contribution in [2.24, 2.45) is 0 Å². The van der Waals surface area contributed by atoms with Crippen LogP contribution in [0.5, 0.6) is 34.5 Å². The third-order valence-electron chi connectivity index (χ3n) is 5.47. The molecule has 37 heavy (non-hydrogen) atoms. The Morgan fingerprint density at radius 3 is 1.30 bits per heavy atom. The number of rotatable bonds is 12. The molecule has 0 heterocycles. The van der Waals surface area contributed by atoms with Crippen LogP contribution >= 0.6 is 0 Å². The first-order valence-corrected chi connectivity index (χ1v) is 11.5. The molecule has 7 nitrogen and oxygen atoms in total. The van der Waals surface area contributed by atoms with Gasteiger partial charge in [0.1, 0.15) is 25.8 Å². The molecule has 0 aliphatic rings. The maximum Gasteiger partial charge on any atom is 0.204 e. The third kappa shape index (κ3) is 6.27. The predicted molar refractivity (Wildman–Crippen MR) is 138 cm³/mol. The normalized spacial score (nSPS) is 10.3. The molecule has 4 rings (SSSR count). The molecule has 7 heteroatoms. The molecule has 0 saturated heterocycles. The number of hydrogen-bond donors (Lipinski definition) is 0. The highest BCUT2D eigenvalue weighted by Crippen LogP contribution is 2.46. The minimum atomic E-state index is 0.215. The second kappa shape index (κ2) is 12.3. The minimum absolute atomic E-state index is 0.215. The first kappa shape index (κ1) is 25.3. The molecule has 0 aromatic heterocycles. The molecule has 0 bridgehead atoms. The van der Waals surface area contributed by atoms with Crippen molar-refractivity contribution in [3.63, 3.8) is 0 Å². The Balaban J connectivity index is 1.75. The maximum absolute atomic E-state index is 11.7. The molecular weight excluding hydrogens is 472 g/mol. The van der Waals surface area contributed by atoms with E-state index in [1.54, 1.807) is 12.1 Å². The van der Waals surface area contributed by atoms with E-state index in [4.69, 9.17) is 23.7 Å². The number of aldehydes is 2. The summed E-state index contributed by atoms with van der Waals surface area (Å²) in [6.07, 6.45) is 1.37. The minimum Gasteiger partial charge on any atom is -0.493 e. The summed E-state index contributed by atoms with van der Waals surface area (Å²) >= 11 is 0. The summed E-state index contributed by atoms with van der Waals surface area (Å²) in [4.78, 5) is 23.3. The van der Waals surface area contributed by atoms with E-state index >= 15 is 0 Å². The Bertz CT molecular complexity index is 1250. The van der Waals surface area contributed by atoms with Gasteiger partial charge in [0.05, 0.1) is 14.2 Å². The van der Waals surface area contributed by atoms with Gasteiger partial charge in [-0.2, -0.15) is 0 Å². The zero-order chi connectivity index (χ0) is 26.0. The number of carbonyl (C=O) groups is 2. The molecular formula is C30H26O7. The topological polar surface area (TPSA) is 80.3 Å². The summed E-state index contributed by atoms with van der Waals surface area (Å²) in [5.41, 5.74) is 2.52. The van der Waals surface area contributed by atoms with Crippen LogP contribution < -0.4 is 23.7 Å². The van der Waals surface area contributed by atoms with E-state index < -0.39 is 0 Å². The number of methoxy groups -OCH3 is 2. The fourth-order valence-electron chi connectivity index (χ4n) is 3.65. The highest BCUT2D eigenvalue weighted by molar-refractivity contribution is 5.80. The number of ether oxygens (including phenoxy) is 5. The van der Waals surface area contributed by atoms with Crippen molar-refractivity contribution in [1.29, 1.82) is 0 Å². The zero-order valence-electron chi connectivity index (χ0n) is 20.5. The molecule has 0 unspecified atom stereocenters. The summed E-state index contributed by atoms with van der Waals surface area (Å²) < 4.78 is 29.5. The SMILES string of the molecule is COc1cc(C=O)cc(Oc2cc(C=O)cc(OC)c2OCc2ccccc2)c1OCc1ccccc1. The van der Waals surface area contributed by atoms with Crippen LogP contribution in [0, 0.1) is 0 Å². The van der Waals surface area contributed by atoms with Gasteiger partial charge in [0, 0.05) is 11.1 Å². The molecule has 4 aromatic carbocycles. The molecule has 0 saturated carbocycles. The largest absolute Gasteiger partial charge is 0.493 e. The summed E-state index contributed by atoms with van der Waals surface area (Å²) in [6, 6.07) is 25.4. The Kier molecular flexibility index (Phi) is 8.39. The van der Waals surface area contributed by atoms with E-state index in [0.717, 1.165) is 11.1 Å². The van der Waals surface area contributed by atoms with Crippen LogP contribution in [0.1, 0.15) is 31.8 Å². The lowest BCUT2D eigenvalue weighted by Crippen LogP contribution is -2.03. The fourth-order valence-corrected chi connectivity index (χ4v) is 3.65. The summed E-state index contributed by atoms with van der Waals surface area (Å²) in [7, 11) is 2.96. The van der Waals surface area contributed by atoms with Crippen LogP contribution in [-0.2, 0) is 13.2 Å². The molecule has 0 N–H and O–H groups in total. The van der Waals surface area contributed by atoms with Gasteiger partial charge < -0.3 is 23.7 Å². The summed E-state index contributed by atoms with van der Waals surface area (Å²) in [5, 5.41) is 0. The van der Waals surface area contributed by atoms with Gasteiger partial charge in [-0.25, -0.2) is 0 Å².